The summed E-state index contributed by atoms with van der Waals surface area (Å²) in [5.74, 6) is 1.06. The minimum Gasteiger partial charge on any atom is -0.469 e. The Labute approximate surface area is 91.8 Å². The zero-order valence-electron chi connectivity index (χ0n) is 9.82. The second-order valence-corrected chi connectivity index (χ2v) is 3.97. The molecule has 0 radical (unpaired) electrons. The van der Waals surface area contributed by atoms with E-state index < -0.39 is 0 Å². The normalized spacial score (nSPS) is 15.1. The molecule has 2 unspecified atom stereocenters. The van der Waals surface area contributed by atoms with Crippen molar-refractivity contribution in [1.29, 1.82) is 0 Å². The summed E-state index contributed by atoms with van der Waals surface area (Å²) in [6.07, 6.45) is 4.07. The Morgan fingerprint density at radius 1 is 1.47 bits per heavy atom. The fourth-order valence-corrected chi connectivity index (χ4v) is 1.37. The number of ether oxygens (including phenoxy) is 1. The maximum Gasteiger partial charge on any atom is 0.103 e. The van der Waals surface area contributed by atoms with Gasteiger partial charge in [0, 0.05) is 26.1 Å². The number of hydrogen-bond acceptors (Lipinski definition) is 3. The molecule has 0 bridgehead atoms. The van der Waals surface area contributed by atoms with Gasteiger partial charge in [0.05, 0.1) is 12.4 Å². The lowest BCUT2D eigenvalue weighted by atomic mass is 10.1. The summed E-state index contributed by atoms with van der Waals surface area (Å²) in [7, 11) is 1.74. The Kier molecular flexibility index (Phi) is 5.43. The molecule has 0 saturated carbocycles. The highest BCUT2D eigenvalue weighted by molar-refractivity contribution is 4.98. The highest BCUT2D eigenvalue weighted by atomic mass is 16.5. The van der Waals surface area contributed by atoms with Gasteiger partial charge in [-0.05, 0) is 32.4 Å². The maximum atomic E-state index is 5.28. The van der Waals surface area contributed by atoms with E-state index in [0.29, 0.717) is 6.04 Å². The molecule has 86 valence electrons. The molecule has 0 aromatic carbocycles. The first-order valence-corrected chi connectivity index (χ1v) is 5.51. The summed E-state index contributed by atoms with van der Waals surface area (Å²) >= 11 is 0. The predicted octanol–water partition coefficient (Wildman–Crippen LogP) is 2.23. The van der Waals surface area contributed by atoms with Crippen molar-refractivity contribution in [2.75, 3.05) is 13.7 Å². The molecule has 3 heteroatoms. The maximum absolute atomic E-state index is 5.28. The molecule has 1 heterocycles. The Morgan fingerprint density at radius 3 is 2.87 bits per heavy atom. The quantitative estimate of drug-likeness (QED) is 0.751. The lowest BCUT2D eigenvalue weighted by Crippen LogP contribution is -2.33. The minimum absolute atomic E-state index is 0.274. The predicted molar refractivity (Wildman–Crippen MR) is 61.0 cm³/mol. The molecule has 0 spiro atoms. The first-order valence-electron chi connectivity index (χ1n) is 5.51. The molecular formula is C12H21NO2. The molecule has 1 aromatic heterocycles. The zero-order chi connectivity index (χ0) is 11.1. The third-order valence-corrected chi connectivity index (χ3v) is 2.56. The van der Waals surface area contributed by atoms with Gasteiger partial charge < -0.3 is 14.5 Å². The SMILES string of the molecule is COC(C)CNC(C)CCc1ccco1. The van der Waals surface area contributed by atoms with Gasteiger partial charge in [-0.25, -0.2) is 0 Å². The molecule has 1 N–H and O–H groups in total. The van der Waals surface area contributed by atoms with Crippen LogP contribution in [0.15, 0.2) is 22.8 Å². The largest absolute Gasteiger partial charge is 0.469 e. The Morgan fingerprint density at radius 2 is 2.27 bits per heavy atom. The number of nitrogens with one attached hydrogen (secondary N) is 1. The van der Waals surface area contributed by atoms with Crippen molar-refractivity contribution in [3.63, 3.8) is 0 Å². The number of hydrogen-bond donors (Lipinski definition) is 1. The highest BCUT2D eigenvalue weighted by Gasteiger charge is 2.05. The highest BCUT2D eigenvalue weighted by Crippen LogP contribution is 2.05. The molecule has 1 rings (SSSR count). The lowest BCUT2D eigenvalue weighted by molar-refractivity contribution is 0.114. The summed E-state index contributed by atoms with van der Waals surface area (Å²) in [4.78, 5) is 0. The molecule has 0 aliphatic carbocycles. The molecule has 0 aliphatic rings. The van der Waals surface area contributed by atoms with Crippen LogP contribution in [0, 0.1) is 0 Å². The van der Waals surface area contributed by atoms with E-state index in [-0.39, 0.29) is 6.10 Å². The Hall–Kier alpha value is -0.800. The van der Waals surface area contributed by atoms with Crippen LogP contribution in [0.5, 0.6) is 0 Å². The summed E-state index contributed by atoms with van der Waals surface area (Å²) in [5.41, 5.74) is 0. The average molecular weight is 211 g/mol. The molecule has 0 fully saturated rings. The van der Waals surface area contributed by atoms with Crippen LogP contribution in [-0.2, 0) is 11.2 Å². The first kappa shape index (κ1) is 12.3. The third kappa shape index (κ3) is 5.00. The van der Waals surface area contributed by atoms with Gasteiger partial charge in [0.15, 0.2) is 0 Å². The van der Waals surface area contributed by atoms with Gasteiger partial charge in [-0.2, -0.15) is 0 Å². The zero-order valence-corrected chi connectivity index (χ0v) is 9.82. The number of furan rings is 1. The van der Waals surface area contributed by atoms with Crippen molar-refractivity contribution < 1.29 is 9.15 Å². The van der Waals surface area contributed by atoms with Crippen LogP contribution in [0.4, 0.5) is 0 Å². The summed E-state index contributed by atoms with van der Waals surface area (Å²) in [6.45, 7) is 5.15. The molecule has 0 aliphatic heterocycles. The van der Waals surface area contributed by atoms with Gasteiger partial charge in [-0.15, -0.1) is 0 Å². The van der Waals surface area contributed by atoms with E-state index in [9.17, 15) is 0 Å². The molecule has 15 heavy (non-hydrogen) atoms. The van der Waals surface area contributed by atoms with Crippen molar-refractivity contribution in [3.05, 3.63) is 24.2 Å². The fourth-order valence-electron chi connectivity index (χ4n) is 1.37. The van der Waals surface area contributed by atoms with Gasteiger partial charge in [-0.3, -0.25) is 0 Å². The monoisotopic (exact) mass is 211 g/mol. The molecule has 0 amide bonds. The Balaban J connectivity index is 2.11. The lowest BCUT2D eigenvalue weighted by Gasteiger charge is -2.16. The van der Waals surface area contributed by atoms with Crippen LogP contribution < -0.4 is 5.32 Å². The van der Waals surface area contributed by atoms with Gasteiger partial charge in [-0.1, -0.05) is 0 Å². The molecule has 1 aromatic rings. The van der Waals surface area contributed by atoms with Gasteiger partial charge >= 0.3 is 0 Å². The molecule has 3 nitrogen and oxygen atoms in total. The van der Waals surface area contributed by atoms with Crippen LogP contribution in [0.3, 0.4) is 0 Å². The summed E-state index contributed by atoms with van der Waals surface area (Å²) in [5, 5.41) is 3.43. The van der Waals surface area contributed by atoms with Crippen molar-refractivity contribution in [1.82, 2.24) is 5.32 Å². The van der Waals surface area contributed by atoms with Crippen LogP contribution in [-0.4, -0.2) is 25.8 Å². The molecular weight excluding hydrogens is 190 g/mol. The molecule has 0 saturated heterocycles. The van der Waals surface area contributed by atoms with E-state index in [1.54, 1.807) is 13.4 Å². The summed E-state index contributed by atoms with van der Waals surface area (Å²) in [6, 6.07) is 4.44. The molecule has 2 atom stereocenters. The van der Waals surface area contributed by atoms with Gasteiger partial charge in [0.1, 0.15) is 5.76 Å². The topological polar surface area (TPSA) is 34.4 Å². The van der Waals surface area contributed by atoms with Crippen LogP contribution in [0.2, 0.25) is 0 Å². The van der Waals surface area contributed by atoms with E-state index in [4.69, 9.17) is 9.15 Å². The van der Waals surface area contributed by atoms with Gasteiger partial charge in [0.2, 0.25) is 0 Å². The number of rotatable bonds is 7. The van der Waals surface area contributed by atoms with Crippen molar-refractivity contribution in [2.45, 2.75) is 38.8 Å². The van der Waals surface area contributed by atoms with E-state index in [1.165, 1.54) is 0 Å². The standard InChI is InChI=1S/C12H21NO2/c1-10(13-9-11(2)14-3)6-7-12-5-4-8-15-12/h4-5,8,10-11,13H,6-7,9H2,1-3H3. The van der Waals surface area contributed by atoms with E-state index in [0.717, 1.165) is 25.1 Å². The second-order valence-electron chi connectivity index (χ2n) is 3.97. The van der Waals surface area contributed by atoms with E-state index in [1.807, 2.05) is 12.1 Å². The van der Waals surface area contributed by atoms with Crippen LogP contribution in [0.1, 0.15) is 26.0 Å². The second kappa shape index (κ2) is 6.64. The number of aryl methyl sites for hydroxylation is 1. The Bertz CT molecular complexity index is 246. The smallest absolute Gasteiger partial charge is 0.103 e. The van der Waals surface area contributed by atoms with Crippen LogP contribution >= 0.6 is 0 Å². The first-order chi connectivity index (χ1) is 7.22. The average Bonchev–Trinajstić information content (AvgIpc) is 2.75. The fraction of sp³-hybridized carbons (Fsp3) is 0.667. The van der Waals surface area contributed by atoms with Crippen LogP contribution in [0.25, 0.3) is 0 Å². The minimum atomic E-state index is 0.274. The van der Waals surface area contributed by atoms with Crippen molar-refractivity contribution in [3.8, 4) is 0 Å². The van der Waals surface area contributed by atoms with E-state index >= 15 is 0 Å². The van der Waals surface area contributed by atoms with Crippen molar-refractivity contribution >= 4 is 0 Å². The van der Waals surface area contributed by atoms with Crippen molar-refractivity contribution in [2.24, 2.45) is 0 Å². The third-order valence-electron chi connectivity index (χ3n) is 2.56. The van der Waals surface area contributed by atoms with Gasteiger partial charge in [0.25, 0.3) is 0 Å². The number of methoxy groups -OCH3 is 1. The van der Waals surface area contributed by atoms with E-state index in [2.05, 4.69) is 19.2 Å². The summed E-state index contributed by atoms with van der Waals surface area (Å²) < 4.78 is 10.4.